The first-order chi connectivity index (χ1) is 16.7. The van der Waals surface area contributed by atoms with Crippen molar-refractivity contribution in [1.82, 2.24) is 25.2 Å². The van der Waals surface area contributed by atoms with Gasteiger partial charge in [0, 0.05) is 30.8 Å². The molecule has 0 atom stereocenters. The van der Waals surface area contributed by atoms with Crippen LogP contribution in [0.25, 0.3) is 5.65 Å². The molecule has 2 amide bonds. The number of hydrogen-bond acceptors (Lipinski definition) is 5. The largest absolute Gasteiger partial charge is 0.347 e. The van der Waals surface area contributed by atoms with Gasteiger partial charge in [-0.2, -0.15) is 5.10 Å². The number of benzene rings is 2. The van der Waals surface area contributed by atoms with Crippen LogP contribution in [0.3, 0.4) is 0 Å². The summed E-state index contributed by atoms with van der Waals surface area (Å²) in [5, 5.41) is 9.72. The molecule has 2 aromatic heterocycles. The molecule has 2 N–H and O–H groups in total. The van der Waals surface area contributed by atoms with Crippen LogP contribution in [0.2, 0.25) is 0 Å². The molecule has 9 heteroatoms. The van der Waals surface area contributed by atoms with E-state index in [1.54, 1.807) is 37.3 Å². The Morgan fingerprint density at radius 1 is 0.886 bits per heavy atom. The van der Waals surface area contributed by atoms with E-state index < -0.39 is 11.8 Å². The predicted molar refractivity (Wildman–Crippen MR) is 128 cm³/mol. The topological polar surface area (TPSA) is 105 Å². The van der Waals surface area contributed by atoms with Crippen LogP contribution in [0.5, 0.6) is 0 Å². The maximum Gasteiger partial charge on any atom is 0.270 e. The molecular formula is C26H24FN5O3. The third kappa shape index (κ3) is 5.24. The van der Waals surface area contributed by atoms with Gasteiger partial charge in [0.2, 0.25) is 0 Å². The second-order valence-electron chi connectivity index (χ2n) is 8.28. The summed E-state index contributed by atoms with van der Waals surface area (Å²) < 4.78 is 14.8. The number of aryl methyl sites for hydroxylation is 2. The van der Waals surface area contributed by atoms with Gasteiger partial charge < -0.3 is 10.6 Å². The third-order valence-corrected chi connectivity index (χ3v) is 5.62. The Balaban J connectivity index is 1.50. The van der Waals surface area contributed by atoms with E-state index in [0.717, 1.165) is 16.7 Å². The average molecular weight is 474 g/mol. The highest BCUT2D eigenvalue weighted by Crippen LogP contribution is 2.13. The van der Waals surface area contributed by atoms with E-state index >= 15 is 0 Å². The lowest BCUT2D eigenvalue weighted by Gasteiger charge is -2.11. The highest BCUT2D eigenvalue weighted by Gasteiger charge is 2.18. The SMILES string of the molecule is CC(=O)c1ccc(CNC(=O)c2cc(C(=O)NCc3ccc(F)c(C)c3)nc3ccnn23)cc1C. The molecule has 0 fully saturated rings. The molecule has 2 aromatic carbocycles. The Morgan fingerprint density at radius 3 is 2.20 bits per heavy atom. The second kappa shape index (κ2) is 9.84. The maximum absolute atomic E-state index is 13.5. The third-order valence-electron chi connectivity index (χ3n) is 5.62. The minimum absolute atomic E-state index is 0.0173. The van der Waals surface area contributed by atoms with E-state index in [2.05, 4.69) is 20.7 Å². The van der Waals surface area contributed by atoms with Crippen LogP contribution in [-0.4, -0.2) is 32.2 Å². The molecule has 35 heavy (non-hydrogen) atoms. The highest BCUT2D eigenvalue weighted by molar-refractivity contribution is 5.98. The van der Waals surface area contributed by atoms with Crippen molar-refractivity contribution in [2.24, 2.45) is 0 Å². The van der Waals surface area contributed by atoms with Crippen LogP contribution in [0, 0.1) is 19.7 Å². The minimum Gasteiger partial charge on any atom is -0.347 e. The first-order valence-electron chi connectivity index (χ1n) is 11.0. The number of ketones is 1. The Hall–Kier alpha value is -4.40. The van der Waals surface area contributed by atoms with Gasteiger partial charge in [0.15, 0.2) is 11.4 Å². The maximum atomic E-state index is 13.5. The summed E-state index contributed by atoms with van der Waals surface area (Å²) in [6.07, 6.45) is 1.49. The monoisotopic (exact) mass is 473 g/mol. The number of halogens is 1. The van der Waals surface area contributed by atoms with Gasteiger partial charge in [0.05, 0.1) is 6.20 Å². The van der Waals surface area contributed by atoms with Crippen LogP contribution in [0.1, 0.15) is 60.5 Å². The highest BCUT2D eigenvalue weighted by atomic mass is 19.1. The number of Topliss-reactive ketones (excluding diaryl/α,β-unsaturated/α-hetero) is 1. The summed E-state index contributed by atoms with van der Waals surface area (Å²) in [5.74, 6) is -1.23. The Morgan fingerprint density at radius 2 is 1.54 bits per heavy atom. The number of nitrogens with zero attached hydrogens (tertiary/aromatic N) is 3. The minimum atomic E-state index is -0.472. The molecule has 0 spiro atoms. The Bertz CT molecular complexity index is 1460. The lowest BCUT2D eigenvalue weighted by atomic mass is 10.0. The van der Waals surface area contributed by atoms with Gasteiger partial charge in [-0.15, -0.1) is 0 Å². The van der Waals surface area contributed by atoms with Gasteiger partial charge in [0.25, 0.3) is 11.8 Å². The first kappa shape index (κ1) is 23.7. The molecule has 0 aliphatic heterocycles. The van der Waals surface area contributed by atoms with Crippen molar-refractivity contribution in [3.63, 3.8) is 0 Å². The smallest absolute Gasteiger partial charge is 0.270 e. The van der Waals surface area contributed by atoms with Gasteiger partial charge in [-0.05, 0) is 49.1 Å². The number of rotatable bonds is 7. The van der Waals surface area contributed by atoms with Crippen molar-refractivity contribution in [3.05, 3.63) is 99.8 Å². The van der Waals surface area contributed by atoms with Crippen molar-refractivity contribution < 1.29 is 18.8 Å². The summed E-state index contributed by atoms with van der Waals surface area (Å²) in [6, 6.07) is 13.0. The zero-order chi connectivity index (χ0) is 25.1. The fourth-order valence-electron chi connectivity index (χ4n) is 3.78. The predicted octanol–water partition coefficient (Wildman–Crippen LogP) is 3.55. The zero-order valence-electron chi connectivity index (χ0n) is 19.6. The van der Waals surface area contributed by atoms with Gasteiger partial charge in [-0.3, -0.25) is 14.4 Å². The molecule has 0 unspecified atom stereocenters. The van der Waals surface area contributed by atoms with Crippen LogP contribution in [0.4, 0.5) is 4.39 Å². The molecule has 4 aromatic rings. The normalized spacial score (nSPS) is 10.9. The molecule has 0 bridgehead atoms. The lowest BCUT2D eigenvalue weighted by molar-refractivity contribution is 0.0940. The Labute approximate surface area is 201 Å². The summed E-state index contributed by atoms with van der Waals surface area (Å²) in [5.41, 5.74) is 4.09. The number of nitrogens with one attached hydrogen (secondary N) is 2. The molecule has 178 valence electrons. The quantitative estimate of drug-likeness (QED) is 0.400. The number of carbonyl (C=O) groups excluding carboxylic acids is 3. The van der Waals surface area contributed by atoms with Crippen LogP contribution >= 0.6 is 0 Å². The van der Waals surface area contributed by atoms with Gasteiger partial charge >= 0.3 is 0 Å². The molecule has 8 nitrogen and oxygen atoms in total. The molecule has 0 radical (unpaired) electrons. The summed E-state index contributed by atoms with van der Waals surface area (Å²) >= 11 is 0. The van der Waals surface area contributed by atoms with Crippen molar-refractivity contribution in [2.45, 2.75) is 33.9 Å². The average Bonchev–Trinajstić information content (AvgIpc) is 3.31. The number of aromatic nitrogens is 3. The number of hydrogen-bond donors (Lipinski definition) is 2. The van der Waals surface area contributed by atoms with Gasteiger partial charge in [-0.25, -0.2) is 13.9 Å². The van der Waals surface area contributed by atoms with E-state index in [4.69, 9.17) is 0 Å². The van der Waals surface area contributed by atoms with Crippen molar-refractivity contribution in [1.29, 1.82) is 0 Å². The summed E-state index contributed by atoms with van der Waals surface area (Å²) in [4.78, 5) is 41.7. The lowest BCUT2D eigenvalue weighted by Crippen LogP contribution is -2.28. The van der Waals surface area contributed by atoms with E-state index in [1.165, 1.54) is 29.8 Å². The second-order valence-corrected chi connectivity index (χ2v) is 8.28. The van der Waals surface area contributed by atoms with E-state index in [0.29, 0.717) is 16.8 Å². The van der Waals surface area contributed by atoms with E-state index in [-0.39, 0.29) is 36.1 Å². The molecule has 4 rings (SSSR count). The molecule has 0 saturated carbocycles. The van der Waals surface area contributed by atoms with Crippen LogP contribution < -0.4 is 10.6 Å². The van der Waals surface area contributed by atoms with Gasteiger partial charge in [-0.1, -0.05) is 30.3 Å². The van der Waals surface area contributed by atoms with Gasteiger partial charge in [0.1, 0.15) is 17.2 Å². The fourth-order valence-corrected chi connectivity index (χ4v) is 3.78. The molecule has 0 aliphatic carbocycles. The first-order valence-corrected chi connectivity index (χ1v) is 11.0. The van der Waals surface area contributed by atoms with E-state index in [9.17, 15) is 18.8 Å². The molecule has 2 heterocycles. The van der Waals surface area contributed by atoms with E-state index in [1.807, 2.05) is 13.0 Å². The molecular weight excluding hydrogens is 449 g/mol. The number of fused-ring (bicyclic) bond motifs is 1. The van der Waals surface area contributed by atoms with Crippen LogP contribution in [0.15, 0.2) is 54.7 Å². The molecule has 0 saturated heterocycles. The fraction of sp³-hybridized carbons (Fsp3) is 0.192. The van der Waals surface area contributed by atoms with Crippen molar-refractivity contribution in [2.75, 3.05) is 0 Å². The molecule has 0 aliphatic rings. The number of carbonyl (C=O) groups is 3. The van der Waals surface area contributed by atoms with Crippen molar-refractivity contribution in [3.8, 4) is 0 Å². The number of amides is 2. The van der Waals surface area contributed by atoms with Crippen LogP contribution in [-0.2, 0) is 13.1 Å². The van der Waals surface area contributed by atoms with Crippen molar-refractivity contribution >= 4 is 23.2 Å². The summed E-state index contributed by atoms with van der Waals surface area (Å²) in [6.45, 7) is 5.42. The Kier molecular flexibility index (Phi) is 6.68. The summed E-state index contributed by atoms with van der Waals surface area (Å²) in [7, 11) is 0. The zero-order valence-corrected chi connectivity index (χ0v) is 19.6. The standard InChI is InChI=1S/C26H24FN5O3/c1-15-10-18(4-6-20(15)17(3)33)14-29-26(35)23-12-22(31-24-8-9-30-32(23)24)25(34)28-13-19-5-7-21(27)16(2)11-19/h4-12H,13-14H2,1-3H3,(H,28,34)(H,29,35).